The molecule has 2 N–H and O–H groups in total. The van der Waals surface area contributed by atoms with Crippen LogP contribution in [0.1, 0.15) is 5.56 Å². The molecular formula is C21H16F3N5O2. The van der Waals surface area contributed by atoms with E-state index < -0.39 is 17.8 Å². The number of benzene rings is 2. The number of imidazole rings is 1. The molecule has 2 heterocycles. The quantitative estimate of drug-likeness (QED) is 0.477. The minimum Gasteiger partial charge on any atom is -0.497 e. The molecule has 0 fully saturated rings. The van der Waals surface area contributed by atoms with Gasteiger partial charge in [-0.15, -0.1) is 0 Å². The second-order valence-electron chi connectivity index (χ2n) is 6.48. The topological polar surface area (TPSA) is 80.5 Å². The molecular weight excluding hydrogens is 411 g/mol. The zero-order chi connectivity index (χ0) is 22.0. The van der Waals surface area contributed by atoms with E-state index in [1.54, 1.807) is 40.9 Å². The lowest BCUT2D eigenvalue weighted by Gasteiger charge is -2.10. The van der Waals surface area contributed by atoms with Gasteiger partial charge in [0.05, 0.1) is 18.4 Å². The Labute approximate surface area is 174 Å². The summed E-state index contributed by atoms with van der Waals surface area (Å²) in [5.41, 5.74) is 0.561. The number of amides is 2. The largest absolute Gasteiger partial charge is 0.497 e. The molecule has 158 valence electrons. The number of hydrogen-bond acceptors (Lipinski definition) is 4. The molecule has 0 aliphatic heterocycles. The molecule has 4 rings (SSSR count). The Bertz CT molecular complexity index is 1240. The molecule has 0 aliphatic carbocycles. The van der Waals surface area contributed by atoms with Gasteiger partial charge in [0.15, 0.2) is 5.82 Å². The van der Waals surface area contributed by atoms with Gasteiger partial charge in [0.2, 0.25) is 5.78 Å². The Balaban J connectivity index is 1.67. The van der Waals surface area contributed by atoms with Gasteiger partial charge in [-0.1, -0.05) is 18.2 Å². The van der Waals surface area contributed by atoms with Crippen molar-refractivity contribution in [2.75, 3.05) is 17.7 Å². The molecule has 0 radical (unpaired) electrons. The fraction of sp³-hybridized carbons (Fsp3) is 0.0952. The number of hydrogen-bond donors (Lipinski definition) is 2. The third-order valence-corrected chi connectivity index (χ3v) is 4.45. The van der Waals surface area contributed by atoms with Crippen LogP contribution in [0.2, 0.25) is 0 Å². The standard InChI is InChI=1S/C21H16F3N5O2/c1-31-16-5-2-4-15(12-16)26-20(30)28-18-17(29-11-3-10-25-19(29)27-18)13-6-8-14(9-7-13)21(22,23)24/h2-12H,1H3,(H2,26,28,30). The van der Waals surface area contributed by atoms with Gasteiger partial charge in [-0.2, -0.15) is 18.2 Å². The Morgan fingerprint density at radius 1 is 1.06 bits per heavy atom. The van der Waals surface area contributed by atoms with Gasteiger partial charge in [0.1, 0.15) is 5.75 Å². The SMILES string of the molecule is COc1cccc(NC(=O)Nc2nc3ncccn3c2-c2ccc(C(F)(F)F)cc2)c1. The predicted octanol–water partition coefficient (Wildman–Crippen LogP) is 5.07. The molecule has 0 spiro atoms. The van der Waals surface area contributed by atoms with E-state index in [4.69, 9.17) is 4.74 Å². The number of carbonyl (C=O) groups excluding carboxylic acids is 1. The summed E-state index contributed by atoms with van der Waals surface area (Å²) in [5.74, 6) is 1.01. The molecule has 0 saturated heterocycles. The minimum absolute atomic E-state index is 0.152. The lowest BCUT2D eigenvalue weighted by atomic mass is 10.1. The van der Waals surface area contributed by atoms with Crippen LogP contribution in [-0.4, -0.2) is 27.5 Å². The average molecular weight is 427 g/mol. The van der Waals surface area contributed by atoms with Crippen LogP contribution in [0.15, 0.2) is 67.0 Å². The fourth-order valence-electron chi connectivity index (χ4n) is 3.04. The first-order chi connectivity index (χ1) is 14.8. The van der Waals surface area contributed by atoms with Gasteiger partial charge >= 0.3 is 12.2 Å². The van der Waals surface area contributed by atoms with Crippen LogP contribution < -0.4 is 15.4 Å². The number of anilines is 2. The average Bonchev–Trinajstić information content (AvgIpc) is 3.10. The van der Waals surface area contributed by atoms with Crippen molar-refractivity contribution in [3.63, 3.8) is 0 Å². The normalized spacial score (nSPS) is 11.4. The van der Waals surface area contributed by atoms with E-state index in [1.165, 1.54) is 25.4 Å². The monoisotopic (exact) mass is 427 g/mol. The van der Waals surface area contributed by atoms with E-state index in [2.05, 4.69) is 20.6 Å². The number of alkyl halides is 3. The van der Waals surface area contributed by atoms with E-state index in [0.717, 1.165) is 12.1 Å². The van der Waals surface area contributed by atoms with Gasteiger partial charge in [0.25, 0.3) is 0 Å². The number of aromatic nitrogens is 3. The molecule has 2 amide bonds. The highest BCUT2D eigenvalue weighted by atomic mass is 19.4. The molecule has 10 heteroatoms. The number of nitrogens with zero attached hydrogens (tertiary/aromatic N) is 3. The molecule has 0 atom stereocenters. The number of rotatable bonds is 4. The van der Waals surface area contributed by atoms with Crippen molar-refractivity contribution in [3.8, 4) is 17.0 Å². The van der Waals surface area contributed by atoms with Gasteiger partial charge in [-0.05, 0) is 30.3 Å². The van der Waals surface area contributed by atoms with Gasteiger partial charge in [0, 0.05) is 29.7 Å². The van der Waals surface area contributed by atoms with Crippen molar-refractivity contribution >= 4 is 23.3 Å². The third-order valence-electron chi connectivity index (χ3n) is 4.45. The van der Waals surface area contributed by atoms with Crippen LogP contribution in [0.3, 0.4) is 0 Å². The summed E-state index contributed by atoms with van der Waals surface area (Å²) >= 11 is 0. The molecule has 0 saturated carbocycles. The molecule has 4 aromatic rings. The minimum atomic E-state index is -4.45. The van der Waals surface area contributed by atoms with Crippen LogP contribution in [0.4, 0.5) is 29.5 Å². The van der Waals surface area contributed by atoms with Crippen molar-refractivity contribution in [1.29, 1.82) is 0 Å². The van der Waals surface area contributed by atoms with Crippen molar-refractivity contribution in [2.24, 2.45) is 0 Å². The molecule has 7 nitrogen and oxygen atoms in total. The maximum Gasteiger partial charge on any atom is 0.416 e. The summed E-state index contributed by atoms with van der Waals surface area (Å²) in [4.78, 5) is 21.0. The molecule has 2 aromatic carbocycles. The first-order valence-corrected chi connectivity index (χ1v) is 9.08. The zero-order valence-corrected chi connectivity index (χ0v) is 16.1. The second kappa shape index (κ2) is 7.98. The number of fused-ring (bicyclic) bond motifs is 1. The lowest BCUT2D eigenvalue weighted by molar-refractivity contribution is -0.137. The van der Waals surface area contributed by atoms with Gasteiger partial charge in [-0.25, -0.2) is 9.78 Å². The summed E-state index contributed by atoms with van der Waals surface area (Å²) in [6.07, 6.45) is -1.26. The summed E-state index contributed by atoms with van der Waals surface area (Å²) < 4.78 is 45.5. The fourth-order valence-corrected chi connectivity index (χ4v) is 3.04. The molecule has 2 aromatic heterocycles. The highest BCUT2D eigenvalue weighted by molar-refractivity contribution is 6.01. The number of ether oxygens (including phenoxy) is 1. The van der Waals surface area contributed by atoms with Gasteiger partial charge in [-0.3, -0.25) is 9.72 Å². The number of carbonyl (C=O) groups is 1. The van der Waals surface area contributed by atoms with Gasteiger partial charge < -0.3 is 10.1 Å². The molecule has 0 unspecified atom stereocenters. The number of methoxy groups -OCH3 is 1. The van der Waals surface area contributed by atoms with E-state index in [1.807, 2.05) is 0 Å². The van der Waals surface area contributed by atoms with E-state index in [9.17, 15) is 18.0 Å². The van der Waals surface area contributed by atoms with Crippen LogP contribution in [0, 0.1) is 0 Å². The molecule has 31 heavy (non-hydrogen) atoms. The lowest BCUT2D eigenvalue weighted by Crippen LogP contribution is -2.20. The van der Waals surface area contributed by atoms with E-state index >= 15 is 0 Å². The van der Waals surface area contributed by atoms with Crippen molar-refractivity contribution in [1.82, 2.24) is 14.4 Å². The Morgan fingerprint density at radius 3 is 2.55 bits per heavy atom. The number of urea groups is 1. The number of halogens is 3. The number of nitrogens with one attached hydrogen (secondary N) is 2. The Hall–Kier alpha value is -4.08. The maximum absolute atomic E-state index is 12.9. The van der Waals surface area contributed by atoms with E-state index in [-0.39, 0.29) is 11.6 Å². The molecule has 0 bridgehead atoms. The summed E-state index contributed by atoms with van der Waals surface area (Å²) in [7, 11) is 1.51. The summed E-state index contributed by atoms with van der Waals surface area (Å²) in [5, 5.41) is 5.31. The second-order valence-corrected chi connectivity index (χ2v) is 6.48. The Kier molecular flexibility index (Phi) is 5.20. The highest BCUT2D eigenvalue weighted by Crippen LogP contribution is 2.33. The van der Waals surface area contributed by atoms with Crippen molar-refractivity contribution in [2.45, 2.75) is 6.18 Å². The smallest absolute Gasteiger partial charge is 0.416 e. The third kappa shape index (κ3) is 4.27. The predicted molar refractivity (Wildman–Crippen MR) is 109 cm³/mol. The maximum atomic E-state index is 12.9. The Morgan fingerprint density at radius 2 is 1.84 bits per heavy atom. The highest BCUT2D eigenvalue weighted by Gasteiger charge is 2.30. The van der Waals surface area contributed by atoms with Crippen molar-refractivity contribution < 1.29 is 22.7 Å². The first-order valence-electron chi connectivity index (χ1n) is 9.08. The van der Waals surface area contributed by atoms with E-state index in [0.29, 0.717) is 22.7 Å². The first kappa shape index (κ1) is 20.2. The zero-order valence-electron chi connectivity index (χ0n) is 16.1. The summed E-state index contributed by atoms with van der Waals surface area (Å²) in [6, 6.07) is 12.5. The van der Waals surface area contributed by atoms with Crippen LogP contribution in [0.25, 0.3) is 17.0 Å². The summed E-state index contributed by atoms with van der Waals surface area (Å²) in [6.45, 7) is 0. The van der Waals surface area contributed by atoms with Crippen LogP contribution in [-0.2, 0) is 6.18 Å². The molecule has 0 aliphatic rings. The van der Waals surface area contributed by atoms with Crippen LogP contribution in [0.5, 0.6) is 5.75 Å². The van der Waals surface area contributed by atoms with Crippen LogP contribution >= 0.6 is 0 Å². The van der Waals surface area contributed by atoms with Crippen molar-refractivity contribution in [3.05, 3.63) is 72.6 Å².